The maximum Gasteiger partial charge on any atom is 0.175 e. The first kappa shape index (κ1) is 12.6. The number of aliphatic hydroxyl groups excluding tert-OH is 2. The third kappa shape index (κ3) is 10.6. The van der Waals surface area contributed by atoms with E-state index in [0.717, 1.165) is 0 Å². The molecule has 0 fully saturated rings. The van der Waals surface area contributed by atoms with E-state index in [0.29, 0.717) is 0 Å². The smallest absolute Gasteiger partial charge is 0.175 e. The molecular weight excluding hydrogens is 216 g/mol. The number of hydrogen-bond donors (Lipinski definition) is 2. The molecule has 0 aromatic carbocycles. The molecule has 0 saturated carbocycles. The van der Waals surface area contributed by atoms with Crippen LogP contribution in [0.5, 0.6) is 0 Å². The maximum atomic E-state index is 7.93. The van der Waals surface area contributed by atoms with E-state index in [4.69, 9.17) is 10.2 Å². The average Bonchev–Trinajstić information content (AvgIpc) is 2.31. The minimum atomic E-state index is 1.45. The van der Waals surface area contributed by atoms with Gasteiger partial charge in [0.2, 0.25) is 0 Å². The van der Waals surface area contributed by atoms with E-state index in [1.807, 2.05) is 36.6 Å². The highest BCUT2D eigenvalue weighted by Crippen LogP contribution is 1.69. The fraction of sp³-hybridized carbons (Fsp3) is 0. The standard InChI is InChI=1S/C10H2O6/c11-1-3-13-5-7-15-9-10-16-8-6-14-4-2-12/h11-12H. The molecule has 0 atom stereocenters. The van der Waals surface area contributed by atoms with E-state index >= 15 is 0 Å². The van der Waals surface area contributed by atoms with Gasteiger partial charge in [-0.1, -0.05) is 0 Å². The summed E-state index contributed by atoms with van der Waals surface area (Å²) in [5.74, 6) is 0. The van der Waals surface area contributed by atoms with Crippen LogP contribution in [-0.4, -0.2) is 10.2 Å². The van der Waals surface area contributed by atoms with Crippen molar-refractivity contribution in [3.8, 4) is 61.1 Å². The summed E-state index contributed by atoms with van der Waals surface area (Å²) in [4.78, 5) is 0. The second-order valence-corrected chi connectivity index (χ2v) is 1.45. The Hall–Kier alpha value is -3.40. The Morgan fingerprint density at radius 3 is 0.938 bits per heavy atom. The van der Waals surface area contributed by atoms with E-state index < -0.39 is 0 Å². The van der Waals surface area contributed by atoms with Gasteiger partial charge in [0.05, 0.1) is 0 Å². The predicted octanol–water partition coefficient (Wildman–Crippen LogP) is -0.610. The van der Waals surface area contributed by atoms with Crippen molar-refractivity contribution in [2.45, 2.75) is 0 Å². The van der Waals surface area contributed by atoms with Gasteiger partial charge in [-0.25, -0.2) is 0 Å². The Bertz CT molecular complexity index is 448. The second-order valence-electron chi connectivity index (χ2n) is 1.45. The van der Waals surface area contributed by atoms with Crippen LogP contribution in [0.15, 0.2) is 0 Å². The van der Waals surface area contributed by atoms with Crippen LogP contribution in [0.2, 0.25) is 0 Å². The van der Waals surface area contributed by atoms with E-state index in [1.165, 1.54) is 12.2 Å². The molecule has 0 saturated heterocycles. The molecule has 0 radical (unpaired) electrons. The quantitative estimate of drug-likeness (QED) is 0.528. The molecule has 2 N–H and O–H groups in total. The van der Waals surface area contributed by atoms with E-state index in [9.17, 15) is 0 Å². The largest absolute Gasteiger partial charge is 0.460 e. The number of rotatable bonds is 0. The normalized spacial score (nSPS) is 4.75. The summed E-state index contributed by atoms with van der Waals surface area (Å²) in [6.45, 7) is 0. The van der Waals surface area contributed by atoms with Gasteiger partial charge < -0.3 is 29.2 Å². The first-order valence-corrected chi connectivity index (χ1v) is 3.33. The van der Waals surface area contributed by atoms with Crippen molar-refractivity contribution >= 4 is 0 Å². The van der Waals surface area contributed by atoms with Gasteiger partial charge in [0.25, 0.3) is 0 Å². The summed E-state index contributed by atoms with van der Waals surface area (Å²) >= 11 is 0. The average molecular weight is 218 g/mol. The van der Waals surface area contributed by atoms with Gasteiger partial charge in [-0.3, -0.25) is 0 Å². The Morgan fingerprint density at radius 1 is 0.438 bits per heavy atom. The zero-order valence-electron chi connectivity index (χ0n) is 7.53. The zero-order valence-corrected chi connectivity index (χ0v) is 7.53. The SMILES string of the molecule is OC#COC#COC#COC#COC#CO. The van der Waals surface area contributed by atoms with Crippen molar-refractivity contribution in [2.75, 3.05) is 0 Å². The summed E-state index contributed by atoms with van der Waals surface area (Å²) in [6.07, 6.45) is 18.2. The molecule has 0 aliphatic rings. The highest BCUT2D eigenvalue weighted by molar-refractivity contribution is 4.96. The minimum Gasteiger partial charge on any atom is -0.460 e. The fourth-order valence-corrected chi connectivity index (χ4v) is 0.273. The van der Waals surface area contributed by atoms with Gasteiger partial charge >= 0.3 is 0 Å². The summed E-state index contributed by atoms with van der Waals surface area (Å²) in [7, 11) is 0. The lowest BCUT2D eigenvalue weighted by Gasteiger charge is -1.76. The van der Waals surface area contributed by atoms with Crippen molar-refractivity contribution in [1.82, 2.24) is 0 Å². The summed E-state index contributed by atoms with van der Waals surface area (Å²) in [6, 6.07) is 0. The van der Waals surface area contributed by atoms with Crippen LogP contribution in [0.4, 0.5) is 0 Å². The van der Waals surface area contributed by atoms with Crippen molar-refractivity contribution in [2.24, 2.45) is 0 Å². The third-order valence-electron chi connectivity index (χ3n) is 0.625. The van der Waals surface area contributed by atoms with Crippen molar-refractivity contribution < 1.29 is 29.2 Å². The van der Waals surface area contributed by atoms with Crippen LogP contribution < -0.4 is 0 Å². The van der Waals surface area contributed by atoms with Gasteiger partial charge in [-0.15, -0.1) is 0 Å². The third-order valence-corrected chi connectivity index (χ3v) is 0.625. The molecule has 6 heteroatoms. The summed E-state index contributed by atoms with van der Waals surface area (Å²) < 4.78 is 16.9. The van der Waals surface area contributed by atoms with Gasteiger partial charge in [0.15, 0.2) is 61.1 Å². The molecule has 16 heavy (non-hydrogen) atoms. The lowest BCUT2D eigenvalue weighted by atomic mass is 11.1. The van der Waals surface area contributed by atoms with Gasteiger partial charge in [-0.2, -0.15) is 0 Å². The van der Waals surface area contributed by atoms with Crippen LogP contribution in [-0.2, 0) is 18.9 Å². The highest BCUT2D eigenvalue weighted by Gasteiger charge is 1.70. The van der Waals surface area contributed by atoms with Gasteiger partial charge in [-0.05, 0) is 0 Å². The molecule has 0 aliphatic carbocycles. The molecule has 0 aliphatic heterocycles. The molecule has 0 spiro atoms. The molecule has 0 heterocycles. The second kappa shape index (κ2) is 11.6. The monoisotopic (exact) mass is 218 g/mol. The fourth-order valence-electron chi connectivity index (χ4n) is 0.273. The Kier molecular flexibility index (Phi) is 9.13. The van der Waals surface area contributed by atoms with E-state index in [2.05, 4.69) is 18.9 Å². The van der Waals surface area contributed by atoms with Gasteiger partial charge in [0.1, 0.15) is 0 Å². The van der Waals surface area contributed by atoms with Crippen molar-refractivity contribution in [3.05, 3.63) is 0 Å². The molecule has 78 valence electrons. The molecule has 0 amide bonds. The zero-order chi connectivity index (χ0) is 11.9. The lowest BCUT2D eigenvalue weighted by Crippen LogP contribution is -1.73. The summed E-state index contributed by atoms with van der Waals surface area (Å²) in [5.41, 5.74) is 0. The number of ether oxygens (including phenoxy) is 4. The van der Waals surface area contributed by atoms with Crippen molar-refractivity contribution in [1.29, 1.82) is 0 Å². The predicted molar refractivity (Wildman–Crippen MR) is 47.1 cm³/mol. The number of hydrogen-bond acceptors (Lipinski definition) is 6. The van der Waals surface area contributed by atoms with E-state index in [-0.39, 0.29) is 0 Å². The van der Waals surface area contributed by atoms with Crippen LogP contribution in [0, 0.1) is 61.1 Å². The lowest BCUT2D eigenvalue weighted by molar-refractivity contribution is 0.409. The van der Waals surface area contributed by atoms with Crippen molar-refractivity contribution in [3.63, 3.8) is 0 Å². The molecule has 6 nitrogen and oxygen atoms in total. The number of aliphatic hydroxyl groups is 2. The molecule has 0 rings (SSSR count). The Balaban J connectivity index is 3.65. The molecule has 0 bridgehead atoms. The molecule has 0 aromatic heterocycles. The maximum absolute atomic E-state index is 7.93. The van der Waals surface area contributed by atoms with Crippen LogP contribution >= 0.6 is 0 Å². The molecule has 0 aromatic rings. The minimum absolute atomic E-state index is 1.45. The molecular formula is C10H2O6. The van der Waals surface area contributed by atoms with Crippen LogP contribution in [0.1, 0.15) is 0 Å². The summed E-state index contributed by atoms with van der Waals surface area (Å²) in [5, 5.41) is 15.9. The van der Waals surface area contributed by atoms with E-state index in [1.54, 1.807) is 12.2 Å². The van der Waals surface area contributed by atoms with Crippen LogP contribution in [0.3, 0.4) is 0 Å². The Labute approximate surface area is 91.1 Å². The Morgan fingerprint density at radius 2 is 0.688 bits per heavy atom. The molecule has 0 unspecified atom stereocenters. The topological polar surface area (TPSA) is 77.4 Å². The first-order valence-electron chi connectivity index (χ1n) is 3.33. The van der Waals surface area contributed by atoms with Gasteiger partial charge in [0, 0.05) is 0 Å². The first-order chi connectivity index (χ1) is 7.91. The van der Waals surface area contributed by atoms with Crippen LogP contribution in [0.25, 0.3) is 0 Å². The highest BCUT2D eigenvalue weighted by atomic mass is 16.5.